The van der Waals surface area contributed by atoms with Crippen molar-refractivity contribution in [1.29, 1.82) is 0 Å². The van der Waals surface area contributed by atoms with Crippen LogP contribution in [-0.2, 0) is 6.54 Å². The number of rotatable bonds is 4. The molecule has 1 aliphatic rings. The lowest BCUT2D eigenvalue weighted by Gasteiger charge is -2.17. The van der Waals surface area contributed by atoms with Gasteiger partial charge in [0.2, 0.25) is 5.91 Å². The van der Waals surface area contributed by atoms with Gasteiger partial charge in [0.1, 0.15) is 0 Å². The van der Waals surface area contributed by atoms with Crippen molar-refractivity contribution in [2.45, 2.75) is 38.8 Å². The number of carbonyl (C=O) groups excluding carboxylic acids is 1. The summed E-state index contributed by atoms with van der Waals surface area (Å²) in [7, 11) is 0. The molecule has 0 saturated heterocycles. The quantitative estimate of drug-likeness (QED) is 0.880. The van der Waals surface area contributed by atoms with Crippen LogP contribution in [0.15, 0.2) is 18.2 Å². The van der Waals surface area contributed by atoms with Crippen LogP contribution >= 0.6 is 11.6 Å². The first-order valence-corrected chi connectivity index (χ1v) is 6.77. The number of amides is 1. The number of hydrogen-bond acceptors (Lipinski definition) is 2. The van der Waals surface area contributed by atoms with Crippen molar-refractivity contribution in [2.24, 2.45) is 11.7 Å². The number of primary amides is 1. The van der Waals surface area contributed by atoms with Crippen molar-refractivity contribution < 1.29 is 4.79 Å². The fourth-order valence-corrected chi connectivity index (χ4v) is 2.78. The second kappa shape index (κ2) is 5.72. The molecule has 1 fully saturated rings. The average molecular weight is 267 g/mol. The minimum Gasteiger partial charge on any atom is -0.366 e. The molecule has 4 heteroatoms. The second-order valence-corrected chi connectivity index (χ2v) is 5.47. The van der Waals surface area contributed by atoms with Crippen molar-refractivity contribution >= 4 is 17.5 Å². The van der Waals surface area contributed by atoms with Crippen LogP contribution in [0.4, 0.5) is 0 Å². The monoisotopic (exact) mass is 266 g/mol. The molecular weight excluding hydrogens is 248 g/mol. The SMILES string of the molecule is CC1CCCC1NCc1ccc(C(N)=O)cc1Cl. The lowest BCUT2D eigenvalue weighted by atomic mass is 10.1. The zero-order valence-corrected chi connectivity index (χ0v) is 11.3. The number of halogens is 1. The maximum atomic E-state index is 11.0. The maximum Gasteiger partial charge on any atom is 0.248 e. The molecule has 1 amide bonds. The largest absolute Gasteiger partial charge is 0.366 e. The summed E-state index contributed by atoms with van der Waals surface area (Å²) in [4.78, 5) is 11.0. The first-order valence-electron chi connectivity index (χ1n) is 6.39. The molecule has 0 bridgehead atoms. The number of hydrogen-bond donors (Lipinski definition) is 2. The Balaban J connectivity index is 1.99. The van der Waals surface area contributed by atoms with Gasteiger partial charge in [0.15, 0.2) is 0 Å². The van der Waals surface area contributed by atoms with Gasteiger partial charge >= 0.3 is 0 Å². The molecule has 2 unspecified atom stereocenters. The van der Waals surface area contributed by atoms with E-state index in [1.807, 2.05) is 6.07 Å². The molecule has 0 radical (unpaired) electrons. The van der Waals surface area contributed by atoms with Crippen molar-refractivity contribution in [3.8, 4) is 0 Å². The predicted molar refractivity (Wildman–Crippen MR) is 73.6 cm³/mol. The number of nitrogens with one attached hydrogen (secondary N) is 1. The topological polar surface area (TPSA) is 55.1 Å². The van der Waals surface area contributed by atoms with Gasteiger partial charge in [-0.2, -0.15) is 0 Å². The third-order valence-electron chi connectivity index (χ3n) is 3.75. The van der Waals surface area contributed by atoms with E-state index in [0.717, 1.165) is 18.0 Å². The Labute approximate surface area is 113 Å². The molecule has 2 rings (SSSR count). The predicted octanol–water partition coefficient (Wildman–Crippen LogP) is 2.72. The standard InChI is InChI=1S/C14H19ClN2O/c1-9-3-2-4-13(9)17-8-11-6-5-10(14(16)18)7-12(11)15/h5-7,9,13,17H,2-4,8H2,1H3,(H2,16,18). The van der Waals surface area contributed by atoms with Crippen LogP contribution in [0.2, 0.25) is 5.02 Å². The first-order chi connectivity index (χ1) is 8.58. The Kier molecular flexibility index (Phi) is 4.25. The van der Waals surface area contributed by atoms with Crippen LogP contribution in [0, 0.1) is 5.92 Å². The van der Waals surface area contributed by atoms with Gasteiger partial charge in [-0.05, 0) is 36.5 Å². The molecule has 1 aromatic carbocycles. The van der Waals surface area contributed by atoms with E-state index >= 15 is 0 Å². The summed E-state index contributed by atoms with van der Waals surface area (Å²) in [5, 5.41) is 4.14. The summed E-state index contributed by atoms with van der Waals surface area (Å²) >= 11 is 6.15. The van der Waals surface area contributed by atoms with Crippen LogP contribution in [0.5, 0.6) is 0 Å². The van der Waals surface area contributed by atoms with Gasteiger partial charge in [-0.3, -0.25) is 4.79 Å². The van der Waals surface area contributed by atoms with Gasteiger partial charge in [0.25, 0.3) is 0 Å². The molecule has 1 aliphatic carbocycles. The molecule has 2 atom stereocenters. The van der Waals surface area contributed by atoms with Gasteiger partial charge in [-0.25, -0.2) is 0 Å². The van der Waals surface area contributed by atoms with Gasteiger partial charge in [0.05, 0.1) is 0 Å². The molecule has 1 saturated carbocycles. The summed E-state index contributed by atoms with van der Waals surface area (Å²) < 4.78 is 0. The van der Waals surface area contributed by atoms with Crippen LogP contribution < -0.4 is 11.1 Å². The highest BCUT2D eigenvalue weighted by Crippen LogP contribution is 2.26. The Morgan fingerprint density at radius 2 is 2.28 bits per heavy atom. The summed E-state index contributed by atoms with van der Waals surface area (Å²) in [6, 6.07) is 5.81. The summed E-state index contributed by atoms with van der Waals surface area (Å²) in [5.41, 5.74) is 6.68. The highest BCUT2D eigenvalue weighted by Gasteiger charge is 2.22. The normalized spacial score (nSPS) is 23.2. The van der Waals surface area contributed by atoms with Gasteiger partial charge in [0, 0.05) is 23.2 Å². The Hall–Kier alpha value is -1.06. The molecule has 18 heavy (non-hydrogen) atoms. The Morgan fingerprint density at radius 1 is 1.50 bits per heavy atom. The van der Waals surface area contributed by atoms with Crippen LogP contribution in [0.3, 0.4) is 0 Å². The smallest absolute Gasteiger partial charge is 0.248 e. The zero-order chi connectivity index (χ0) is 13.1. The minimum absolute atomic E-state index is 0.444. The molecule has 3 nitrogen and oxygen atoms in total. The Morgan fingerprint density at radius 3 is 2.83 bits per heavy atom. The molecule has 0 spiro atoms. The zero-order valence-electron chi connectivity index (χ0n) is 10.6. The van der Waals surface area contributed by atoms with Crippen LogP contribution in [0.25, 0.3) is 0 Å². The second-order valence-electron chi connectivity index (χ2n) is 5.07. The van der Waals surface area contributed by atoms with E-state index in [1.54, 1.807) is 12.1 Å². The molecule has 1 aromatic rings. The highest BCUT2D eigenvalue weighted by molar-refractivity contribution is 6.31. The molecule has 0 aliphatic heterocycles. The third-order valence-corrected chi connectivity index (χ3v) is 4.11. The summed E-state index contributed by atoms with van der Waals surface area (Å²) in [5.74, 6) is 0.287. The van der Waals surface area contributed by atoms with E-state index in [0.29, 0.717) is 16.6 Å². The lowest BCUT2D eigenvalue weighted by Crippen LogP contribution is -2.30. The van der Waals surface area contributed by atoms with Gasteiger partial charge in [-0.15, -0.1) is 0 Å². The number of nitrogens with two attached hydrogens (primary N) is 1. The average Bonchev–Trinajstić information content (AvgIpc) is 2.73. The number of benzene rings is 1. The maximum absolute atomic E-state index is 11.0. The third kappa shape index (κ3) is 3.03. The fraction of sp³-hybridized carbons (Fsp3) is 0.500. The fourth-order valence-electron chi connectivity index (χ4n) is 2.53. The van der Waals surface area contributed by atoms with Crippen molar-refractivity contribution in [2.75, 3.05) is 0 Å². The summed E-state index contributed by atoms with van der Waals surface area (Å²) in [6.07, 6.45) is 3.83. The van der Waals surface area contributed by atoms with Gasteiger partial charge < -0.3 is 11.1 Å². The molecule has 3 N–H and O–H groups in total. The van der Waals surface area contributed by atoms with E-state index in [1.165, 1.54) is 19.3 Å². The number of carbonyl (C=O) groups is 1. The van der Waals surface area contributed by atoms with E-state index in [2.05, 4.69) is 12.2 Å². The lowest BCUT2D eigenvalue weighted by molar-refractivity contribution is 0.100. The Bertz CT molecular complexity index is 447. The van der Waals surface area contributed by atoms with E-state index < -0.39 is 5.91 Å². The summed E-state index contributed by atoms with van der Waals surface area (Å²) in [6.45, 7) is 3.02. The molecular formula is C14H19ClN2O. The molecule has 0 heterocycles. The van der Waals surface area contributed by atoms with Crippen molar-refractivity contribution in [3.63, 3.8) is 0 Å². The van der Waals surface area contributed by atoms with Crippen LogP contribution in [-0.4, -0.2) is 11.9 Å². The van der Waals surface area contributed by atoms with E-state index in [-0.39, 0.29) is 0 Å². The molecule has 0 aromatic heterocycles. The van der Waals surface area contributed by atoms with Crippen molar-refractivity contribution in [3.05, 3.63) is 34.3 Å². The first kappa shape index (κ1) is 13.4. The van der Waals surface area contributed by atoms with Crippen LogP contribution in [0.1, 0.15) is 42.1 Å². The highest BCUT2D eigenvalue weighted by atomic mass is 35.5. The van der Waals surface area contributed by atoms with Crippen molar-refractivity contribution in [1.82, 2.24) is 5.32 Å². The molecule has 98 valence electrons. The minimum atomic E-state index is -0.444. The van der Waals surface area contributed by atoms with Gasteiger partial charge in [-0.1, -0.05) is 31.0 Å². The van der Waals surface area contributed by atoms with E-state index in [4.69, 9.17) is 17.3 Å². The van der Waals surface area contributed by atoms with E-state index in [9.17, 15) is 4.79 Å².